The van der Waals surface area contributed by atoms with Crippen molar-refractivity contribution in [3.8, 4) is 5.75 Å². The fraction of sp³-hybridized carbons (Fsp3) is 0.368. The van der Waals surface area contributed by atoms with Crippen LogP contribution in [0.15, 0.2) is 42.6 Å². The van der Waals surface area contributed by atoms with E-state index < -0.39 is 0 Å². The first-order chi connectivity index (χ1) is 11.7. The lowest BCUT2D eigenvalue weighted by molar-refractivity contribution is 0.325. The molecular formula is C19H22N4O. The Kier molecular flexibility index (Phi) is 3.94. The van der Waals surface area contributed by atoms with Crippen LogP contribution in [0, 0.1) is 0 Å². The van der Waals surface area contributed by atoms with Crippen LogP contribution in [0.5, 0.6) is 5.75 Å². The van der Waals surface area contributed by atoms with Crippen molar-refractivity contribution < 1.29 is 4.74 Å². The highest BCUT2D eigenvalue weighted by molar-refractivity contribution is 5.71. The summed E-state index contributed by atoms with van der Waals surface area (Å²) in [5.41, 5.74) is 3.29. The van der Waals surface area contributed by atoms with E-state index in [1.807, 2.05) is 30.5 Å². The lowest BCUT2D eigenvalue weighted by Crippen LogP contribution is -2.20. The molecule has 1 aliphatic rings. The number of nitrogens with zero attached hydrogens (tertiary/aromatic N) is 4. The van der Waals surface area contributed by atoms with Crippen LogP contribution < -0.4 is 4.74 Å². The highest BCUT2D eigenvalue weighted by Gasteiger charge is 2.27. The fourth-order valence-electron chi connectivity index (χ4n) is 3.58. The van der Waals surface area contributed by atoms with Gasteiger partial charge in [0.1, 0.15) is 17.1 Å². The van der Waals surface area contributed by atoms with E-state index in [-0.39, 0.29) is 0 Å². The molecule has 1 aliphatic heterocycles. The molecule has 0 amide bonds. The molecule has 1 aromatic carbocycles. The Hall–Kier alpha value is -2.40. The Balaban J connectivity index is 1.48. The zero-order valence-electron chi connectivity index (χ0n) is 14.1. The van der Waals surface area contributed by atoms with Gasteiger partial charge in [0.05, 0.1) is 7.11 Å². The van der Waals surface area contributed by atoms with Crippen LogP contribution in [0.3, 0.4) is 0 Å². The smallest absolute Gasteiger partial charge is 0.159 e. The molecule has 1 unspecified atom stereocenters. The second-order valence-corrected chi connectivity index (χ2v) is 6.44. The molecule has 2 aromatic heterocycles. The van der Waals surface area contributed by atoms with Crippen LogP contribution in [0.4, 0.5) is 0 Å². The van der Waals surface area contributed by atoms with Gasteiger partial charge in [-0.05, 0) is 42.8 Å². The number of aromatic nitrogens is 3. The molecule has 3 heterocycles. The first-order valence-electron chi connectivity index (χ1n) is 8.37. The minimum absolute atomic E-state index is 0.474. The van der Waals surface area contributed by atoms with E-state index in [0.717, 1.165) is 48.8 Å². The van der Waals surface area contributed by atoms with Gasteiger partial charge in [0.25, 0.3) is 0 Å². The van der Waals surface area contributed by atoms with Crippen molar-refractivity contribution in [3.05, 3.63) is 54.0 Å². The number of methoxy groups -OCH3 is 1. The summed E-state index contributed by atoms with van der Waals surface area (Å²) in [7, 11) is 3.77. The van der Waals surface area contributed by atoms with Crippen LogP contribution in [0.2, 0.25) is 0 Å². The Morgan fingerprint density at radius 1 is 1.21 bits per heavy atom. The van der Waals surface area contributed by atoms with Gasteiger partial charge >= 0.3 is 0 Å². The molecule has 4 rings (SSSR count). The summed E-state index contributed by atoms with van der Waals surface area (Å²) in [6.07, 6.45) is 2.98. The van der Waals surface area contributed by atoms with Crippen molar-refractivity contribution in [1.29, 1.82) is 0 Å². The number of aryl methyl sites for hydroxylation is 1. The van der Waals surface area contributed by atoms with Crippen molar-refractivity contribution in [1.82, 2.24) is 19.4 Å². The second-order valence-electron chi connectivity index (χ2n) is 6.44. The van der Waals surface area contributed by atoms with Crippen LogP contribution in [0.1, 0.15) is 23.7 Å². The van der Waals surface area contributed by atoms with E-state index in [4.69, 9.17) is 9.72 Å². The predicted octanol–water partition coefficient (Wildman–Crippen LogP) is 2.97. The van der Waals surface area contributed by atoms with E-state index in [2.05, 4.69) is 33.6 Å². The molecule has 0 saturated carbocycles. The predicted molar refractivity (Wildman–Crippen MR) is 94.1 cm³/mol. The maximum Gasteiger partial charge on any atom is 0.159 e. The minimum Gasteiger partial charge on any atom is -0.497 e. The van der Waals surface area contributed by atoms with Crippen molar-refractivity contribution in [3.63, 3.8) is 0 Å². The number of imidazole rings is 1. The summed E-state index contributed by atoms with van der Waals surface area (Å²) >= 11 is 0. The molecule has 0 radical (unpaired) electrons. The summed E-state index contributed by atoms with van der Waals surface area (Å²) in [6.45, 7) is 3.12. The molecule has 1 fully saturated rings. The Bertz CT molecular complexity index is 840. The van der Waals surface area contributed by atoms with Gasteiger partial charge in [-0.1, -0.05) is 12.1 Å². The van der Waals surface area contributed by atoms with Gasteiger partial charge in [-0.2, -0.15) is 0 Å². The number of fused-ring (bicyclic) bond motifs is 1. The van der Waals surface area contributed by atoms with Crippen molar-refractivity contribution in [2.24, 2.45) is 7.05 Å². The number of likely N-dealkylation sites (tertiary alicyclic amines) is 1. The fourth-order valence-corrected chi connectivity index (χ4v) is 3.58. The molecule has 0 aliphatic carbocycles. The van der Waals surface area contributed by atoms with Crippen molar-refractivity contribution in [2.75, 3.05) is 20.2 Å². The van der Waals surface area contributed by atoms with Crippen LogP contribution in [-0.4, -0.2) is 39.6 Å². The first kappa shape index (κ1) is 15.1. The molecule has 1 atom stereocenters. The van der Waals surface area contributed by atoms with E-state index in [0.29, 0.717) is 5.92 Å². The summed E-state index contributed by atoms with van der Waals surface area (Å²) < 4.78 is 7.38. The zero-order chi connectivity index (χ0) is 16.5. The summed E-state index contributed by atoms with van der Waals surface area (Å²) in [6, 6.07) is 12.3. The monoisotopic (exact) mass is 322 g/mol. The lowest BCUT2D eigenvalue weighted by atomic mass is 10.1. The number of ether oxygens (including phenoxy) is 1. The SMILES string of the molecule is COc1ccc(CN2CCC(c3nc4cccnc4n3C)C2)cc1. The summed E-state index contributed by atoms with van der Waals surface area (Å²) in [5, 5.41) is 0. The molecule has 0 bridgehead atoms. The lowest BCUT2D eigenvalue weighted by Gasteiger charge is -2.16. The van der Waals surface area contributed by atoms with Gasteiger partial charge in [-0.25, -0.2) is 9.97 Å². The topological polar surface area (TPSA) is 43.2 Å². The quantitative estimate of drug-likeness (QED) is 0.741. The van der Waals surface area contributed by atoms with Crippen LogP contribution in [0.25, 0.3) is 11.2 Å². The molecule has 3 aromatic rings. The van der Waals surface area contributed by atoms with Gasteiger partial charge in [-0.15, -0.1) is 0 Å². The Morgan fingerprint density at radius 2 is 2.04 bits per heavy atom. The average molecular weight is 322 g/mol. The van der Waals surface area contributed by atoms with Gasteiger partial charge in [0, 0.05) is 32.3 Å². The molecule has 0 spiro atoms. The molecule has 1 saturated heterocycles. The van der Waals surface area contributed by atoms with Crippen LogP contribution >= 0.6 is 0 Å². The van der Waals surface area contributed by atoms with Gasteiger partial charge in [0.2, 0.25) is 0 Å². The molecule has 124 valence electrons. The molecule has 24 heavy (non-hydrogen) atoms. The maximum atomic E-state index is 5.23. The third kappa shape index (κ3) is 2.76. The van der Waals surface area contributed by atoms with Crippen molar-refractivity contribution in [2.45, 2.75) is 18.9 Å². The van der Waals surface area contributed by atoms with E-state index in [1.54, 1.807) is 7.11 Å². The maximum absolute atomic E-state index is 5.23. The van der Waals surface area contributed by atoms with Crippen molar-refractivity contribution >= 4 is 11.2 Å². The number of hydrogen-bond donors (Lipinski definition) is 0. The summed E-state index contributed by atoms with van der Waals surface area (Å²) in [4.78, 5) is 11.8. The second kappa shape index (κ2) is 6.24. The molecule has 5 heteroatoms. The van der Waals surface area contributed by atoms with Crippen LogP contribution in [-0.2, 0) is 13.6 Å². The Labute approximate surface area is 141 Å². The normalized spacial score (nSPS) is 18.3. The van der Waals surface area contributed by atoms with E-state index in [1.165, 1.54) is 5.56 Å². The third-order valence-corrected chi connectivity index (χ3v) is 4.87. The average Bonchev–Trinajstić information content (AvgIpc) is 3.21. The van der Waals surface area contributed by atoms with Gasteiger partial charge < -0.3 is 9.30 Å². The number of hydrogen-bond acceptors (Lipinski definition) is 4. The molecule has 5 nitrogen and oxygen atoms in total. The van der Waals surface area contributed by atoms with E-state index >= 15 is 0 Å². The molecular weight excluding hydrogens is 300 g/mol. The van der Waals surface area contributed by atoms with Gasteiger partial charge in [-0.3, -0.25) is 4.90 Å². The zero-order valence-corrected chi connectivity index (χ0v) is 14.1. The summed E-state index contributed by atoms with van der Waals surface area (Å²) in [5.74, 6) is 2.54. The Morgan fingerprint density at radius 3 is 2.79 bits per heavy atom. The van der Waals surface area contributed by atoms with E-state index in [9.17, 15) is 0 Å². The number of benzene rings is 1. The number of pyridine rings is 1. The highest BCUT2D eigenvalue weighted by atomic mass is 16.5. The highest BCUT2D eigenvalue weighted by Crippen LogP contribution is 2.29. The number of rotatable bonds is 4. The standard InChI is InChI=1S/C19H22N4O/c1-22-18(21-17-4-3-10-20-19(17)22)15-9-11-23(13-15)12-14-5-7-16(24-2)8-6-14/h3-8,10,15H,9,11-13H2,1-2H3. The largest absolute Gasteiger partial charge is 0.497 e. The van der Waals surface area contributed by atoms with Gasteiger partial charge in [0.15, 0.2) is 5.65 Å². The molecule has 0 N–H and O–H groups in total. The first-order valence-corrected chi connectivity index (χ1v) is 8.37. The third-order valence-electron chi connectivity index (χ3n) is 4.87. The minimum atomic E-state index is 0.474.